The zero-order chi connectivity index (χ0) is 38.2. The van der Waals surface area contributed by atoms with E-state index in [1.54, 1.807) is 11.3 Å². The Hall–Kier alpha value is -6.43. The number of aromatic nitrogens is 3. The lowest BCUT2D eigenvalue weighted by molar-refractivity contribution is 0.670. The summed E-state index contributed by atoms with van der Waals surface area (Å²) in [4.78, 5) is 14.4. The van der Waals surface area contributed by atoms with Crippen molar-refractivity contribution in [2.45, 2.75) is 0 Å². The summed E-state index contributed by atoms with van der Waals surface area (Å²) in [5.41, 5.74) is 4.42. The minimum Gasteiger partial charge on any atom is -0.455 e. The number of hydrogen-bond acceptors (Lipinski definition) is 5. The second kappa shape index (κ2) is 11.6. The molecule has 0 fully saturated rings. The molecule has 5 heteroatoms. The maximum Gasteiger partial charge on any atom is 0.164 e. The van der Waals surface area contributed by atoms with Crippen LogP contribution >= 0.6 is 11.3 Å². The SMILES string of the molecule is [2H]c1c([2H])c([2H])c2c(oc3c([2H])c(-c4nc(-c5ccccc5)nc(-c5ccc(-c6ccccc6)cc5)n4)c([2H])c([2H])c32)c1-c1ccc2sc3ccccc3c2c1. The van der Waals surface area contributed by atoms with Gasteiger partial charge in [0, 0.05) is 53.2 Å². The molecule has 234 valence electrons. The van der Waals surface area contributed by atoms with Crippen molar-refractivity contribution in [3.05, 3.63) is 164 Å². The highest BCUT2D eigenvalue weighted by Crippen LogP contribution is 2.41. The first-order chi connectivity index (χ1) is 27.3. The molecule has 50 heavy (non-hydrogen) atoms. The van der Waals surface area contributed by atoms with Crippen LogP contribution in [0.25, 0.3) is 98.5 Å². The number of rotatable bonds is 5. The first kappa shape index (κ1) is 23.0. The summed E-state index contributed by atoms with van der Waals surface area (Å²) in [6.07, 6.45) is 0. The first-order valence-corrected chi connectivity index (χ1v) is 16.9. The second-order valence-corrected chi connectivity index (χ2v) is 13.0. The molecular formula is C45H27N3OS. The van der Waals surface area contributed by atoms with E-state index in [4.69, 9.17) is 23.5 Å². The summed E-state index contributed by atoms with van der Waals surface area (Å²) in [5.74, 6) is 0.682. The number of hydrogen-bond donors (Lipinski definition) is 0. The van der Waals surface area contributed by atoms with Gasteiger partial charge in [-0.15, -0.1) is 11.3 Å². The van der Waals surface area contributed by atoms with E-state index in [0.717, 1.165) is 31.3 Å². The molecule has 0 saturated carbocycles. The predicted octanol–water partition coefficient (Wildman–Crippen LogP) is 12.5. The number of para-hydroxylation sites is 1. The minimum atomic E-state index is -0.333. The average molecular weight is 664 g/mol. The lowest BCUT2D eigenvalue weighted by Crippen LogP contribution is -2.00. The van der Waals surface area contributed by atoms with Gasteiger partial charge in [-0.05, 0) is 47.0 Å². The van der Waals surface area contributed by atoms with Crippen molar-refractivity contribution in [1.29, 1.82) is 0 Å². The van der Waals surface area contributed by atoms with Crippen LogP contribution in [0.4, 0.5) is 0 Å². The summed E-state index contributed by atoms with van der Waals surface area (Å²) in [6, 6.07) is 39.4. The van der Waals surface area contributed by atoms with Crippen molar-refractivity contribution in [1.82, 2.24) is 15.0 Å². The fraction of sp³-hybridized carbons (Fsp3) is 0. The van der Waals surface area contributed by atoms with Crippen LogP contribution in [0.2, 0.25) is 0 Å². The molecular weight excluding hydrogens is 631 g/mol. The van der Waals surface area contributed by atoms with Crippen molar-refractivity contribution >= 4 is 53.4 Å². The largest absolute Gasteiger partial charge is 0.455 e. The molecule has 0 saturated heterocycles. The molecule has 10 rings (SSSR count). The van der Waals surface area contributed by atoms with Gasteiger partial charge in [-0.2, -0.15) is 0 Å². The monoisotopic (exact) mass is 663 g/mol. The Bertz CT molecular complexity index is 3200. The number of nitrogens with zero attached hydrogens (tertiary/aromatic N) is 3. The van der Waals surface area contributed by atoms with Gasteiger partial charge in [-0.25, -0.2) is 15.0 Å². The van der Waals surface area contributed by atoms with Crippen molar-refractivity contribution in [3.63, 3.8) is 0 Å². The van der Waals surface area contributed by atoms with Crippen molar-refractivity contribution < 1.29 is 12.6 Å². The van der Waals surface area contributed by atoms with Gasteiger partial charge in [0.1, 0.15) is 11.2 Å². The van der Waals surface area contributed by atoms with Gasteiger partial charge in [0.2, 0.25) is 0 Å². The lowest BCUT2D eigenvalue weighted by atomic mass is 10.00. The highest BCUT2D eigenvalue weighted by atomic mass is 32.1. The molecule has 0 spiro atoms. The summed E-state index contributed by atoms with van der Waals surface area (Å²) >= 11 is 1.66. The Labute approximate surface area is 300 Å². The van der Waals surface area contributed by atoms with Gasteiger partial charge in [0.05, 0.1) is 8.22 Å². The van der Waals surface area contributed by atoms with Crippen LogP contribution in [0.5, 0.6) is 0 Å². The summed E-state index contributed by atoms with van der Waals surface area (Å²) in [7, 11) is 0. The maximum absolute atomic E-state index is 9.50. The minimum absolute atomic E-state index is 0.0234. The molecule has 0 bridgehead atoms. The van der Waals surface area contributed by atoms with Crippen LogP contribution in [0.1, 0.15) is 8.22 Å². The molecule has 0 atom stereocenters. The van der Waals surface area contributed by atoms with Crippen LogP contribution in [-0.2, 0) is 0 Å². The summed E-state index contributed by atoms with van der Waals surface area (Å²) in [6.45, 7) is 0. The third-order valence-electron chi connectivity index (χ3n) is 8.87. The van der Waals surface area contributed by atoms with E-state index in [0.29, 0.717) is 28.3 Å². The number of furan rings is 1. The van der Waals surface area contributed by atoms with Gasteiger partial charge >= 0.3 is 0 Å². The molecule has 7 aromatic carbocycles. The van der Waals surface area contributed by atoms with Crippen molar-refractivity contribution in [2.75, 3.05) is 0 Å². The fourth-order valence-electron chi connectivity index (χ4n) is 6.39. The number of benzene rings is 7. The third kappa shape index (κ3) is 4.87. The van der Waals surface area contributed by atoms with Crippen molar-refractivity contribution in [3.8, 4) is 56.4 Å². The quantitative estimate of drug-likeness (QED) is 0.184. The number of thiophene rings is 1. The van der Waals surface area contributed by atoms with Crippen LogP contribution in [0.15, 0.2) is 168 Å². The van der Waals surface area contributed by atoms with E-state index in [1.165, 1.54) is 0 Å². The van der Waals surface area contributed by atoms with Crippen LogP contribution in [-0.4, -0.2) is 15.0 Å². The van der Waals surface area contributed by atoms with Gasteiger partial charge in [0.15, 0.2) is 17.5 Å². The van der Waals surface area contributed by atoms with Gasteiger partial charge in [-0.1, -0.05) is 133 Å². The highest BCUT2D eigenvalue weighted by Gasteiger charge is 2.17. The molecule has 0 aliphatic rings. The fourth-order valence-corrected chi connectivity index (χ4v) is 7.48. The van der Waals surface area contributed by atoms with Crippen molar-refractivity contribution in [2.24, 2.45) is 0 Å². The number of fused-ring (bicyclic) bond motifs is 6. The van der Waals surface area contributed by atoms with Gasteiger partial charge < -0.3 is 4.42 Å². The van der Waals surface area contributed by atoms with E-state index >= 15 is 0 Å². The molecule has 4 nitrogen and oxygen atoms in total. The Balaban J connectivity index is 1.20. The van der Waals surface area contributed by atoms with Gasteiger partial charge in [0.25, 0.3) is 0 Å². The van der Waals surface area contributed by atoms with E-state index in [1.807, 2.05) is 121 Å². The first-order valence-electron chi connectivity index (χ1n) is 19.1. The molecule has 10 aromatic rings. The van der Waals surface area contributed by atoms with Crippen LogP contribution in [0.3, 0.4) is 0 Å². The molecule has 3 aromatic heterocycles. The smallest absolute Gasteiger partial charge is 0.164 e. The predicted molar refractivity (Wildman–Crippen MR) is 207 cm³/mol. The molecule has 0 unspecified atom stereocenters. The van der Waals surface area contributed by atoms with E-state index in [-0.39, 0.29) is 75.1 Å². The summed E-state index contributed by atoms with van der Waals surface area (Å²) in [5, 5.41) is 2.23. The Morgan fingerprint density at radius 2 is 1.06 bits per heavy atom. The summed E-state index contributed by atoms with van der Waals surface area (Å²) < 4.78 is 63.6. The maximum atomic E-state index is 9.50. The average Bonchev–Trinajstić information content (AvgIpc) is 3.82. The molecule has 0 aliphatic heterocycles. The topological polar surface area (TPSA) is 51.8 Å². The zero-order valence-electron chi connectivity index (χ0n) is 32.3. The van der Waals surface area contributed by atoms with E-state index < -0.39 is 0 Å². The Morgan fingerprint density at radius 3 is 1.84 bits per heavy atom. The Kier molecular flexibility index (Phi) is 5.35. The lowest BCUT2D eigenvalue weighted by Gasteiger charge is -2.09. The normalized spacial score (nSPS) is 13.3. The Morgan fingerprint density at radius 1 is 0.460 bits per heavy atom. The molecule has 0 radical (unpaired) electrons. The molecule has 3 heterocycles. The highest BCUT2D eigenvalue weighted by molar-refractivity contribution is 7.25. The van der Waals surface area contributed by atoms with Crippen LogP contribution in [0, 0.1) is 0 Å². The van der Waals surface area contributed by atoms with E-state index in [9.17, 15) is 4.11 Å². The van der Waals surface area contributed by atoms with E-state index in [2.05, 4.69) is 6.07 Å². The molecule has 0 aliphatic carbocycles. The molecule has 0 N–H and O–H groups in total. The third-order valence-corrected chi connectivity index (χ3v) is 10.0. The van der Waals surface area contributed by atoms with Crippen LogP contribution < -0.4 is 0 Å². The standard InChI is InChI=1S/C45H27N3OS/c1-3-10-28(11-4-1)29-18-20-31(21-19-29)44-46-43(30-12-5-2-6-13-30)47-45(48-44)33-22-24-35-37-16-9-15-34(42(37)49-39(35)27-33)32-23-25-41-38(26-32)36-14-7-8-17-40(36)50-41/h1-27H/i9D,15D,16D,22D,24D,27D. The zero-order valence-corrected chi connectivity index (χ0v) is 27.1. The van der Waals surface area contributed by atoms with Gasteiger partial charge in [-0.3, -0.25) is 0 Å². The second-order valence-electron chi connectivity index (χ2n) is 11.9. The molecule has 0 amide bonds.